The number of nitrogens with zero attached hydrogens (tertiary/aromatic N) is 1. The van der Waals surface area contributed by atoms with Crippen LogP contribution in [0.4, 0.5) is 5.69 Å². The van der Waals surface area contributed by atoms with E-state index in [1.807, 2.05) is 31.3 Å². The number of hydrogen-bond donors (Lipinski definition) is 1. The molecule has 0 saturated carbocycles. The van der Waals surface area contributed by atoms with E-state index in [4.69, 9.17) is 5.73 Å². The summed E-state index contributed by atoms with van der Waals surface area (Å²) < 4.78 is 0. The first kappa shape index (κ1) is 15.1. The highest BCUT2D eigenvalue weighted by Gasteiger charge is 2.09. The molecule has 0 unspecified atom stereocenters. The average molecular weight is 282 g/mol. The second-order valence-corrected chi connectivity index (χ2v) is 5.48. The van der Waals surface area contributed by atoms with Crippen LogP contribution in [0, 0.1) is 6.92 Å². The van der Waals surface area contributed by atoms with E-state index in [9.17, 15) is 4.79 Å². The highest BCUT2D eigenvalue weighted by Crippen LogP contribution is 2.11. The standard InChI is InChI=1S/C18H22N2O/c1-14-6-8-15(9-7-14)10-11-18(21)20(2)13-16-4-3-5-17(19)12-16/h3-9,12H,10-11,13,19H2,1-2H3. The summed E-state index contributed by atoms with van der Waals surface area (Å²) in [6.07, 6.45) is 1.31. The van der Waals surface area contributed by atoms with Gasteiger partial charge in [0.2, 0.25) is 5.91 Å². The molecule has 0 atom stereocenters. The van der Waals surface area contributed by atoms with Crippen LogP contribution in [-0.4, -0.2) is 17.9 Å². The molecule has 0 aliphatic carbocycles. The maximum absolute atomic E-state index is 12.2. The summed E-state index contributed by atoms with van der Waals surface area (Å²) >= 11 is 0. The lowest BCUT2D eigenvalue weighted by Gasteiger charge is -2.17. The van der Waals surface area contributed by atoms with Crippen LogP contribution in [-0.2, 0) is 17.8 Å². The first-order chi connectivity index (χ1) is 10.0. The number of anilines is 1. The minimum absolute atomic E-state index is 0.151. The van der Waals surface area contributed by atoms with E-state index in [0.29, 0.717) is 13.0 Å². The predicted octanol–water partition coefficient (Wildman–Crippen LogP) is 3.17. The lowest BCUT2D eigenvalue weighted by molar-refractivity contribution is -0.130. The molecule has 3 heteroatoms. The van der Waals surface area contributed by atoms with Crippen molar-refractivity contribution >= 4 is 11.6 Å². The summed E-state index contributed by atoms with van der Waals surface area (Å²) in [5.41, 5.74) is 9.98. The molecule has 0 spiro atoms. The lowest BCUT2D eigenvalue weighted by atomic mass is 10.1. The summed E-state index contributed by atoms with van der Waals surface area (Å²) in [4.78, 5) is 13.9. The Balaban J connectivity index is 1.86. The van der Waals surface area contributed by atoms with Crippen LogP contribution >= 0.6 is 0 Å². The number of benzene rings is 2. The third-order valence-electron chi connectivity index (χ3n) is 3.54. The fraction of sp³-hybridized carbons (Fsp3) is 0.278. The Morgan fingerprint density at radius 2 is 1.81 bits per heavy atom. The molecule has 2 N–H and O–H groups in total. The quantitative estimate of drug-likeness (QED) is 0.856. The molecular weight excluding hydrogens is 260 g/mol. The maximum Gasteiger partial charge on any atom is 0.222 e. The van der Waals surface area contributed by atoms with Gasteiger partial charge in [0, 0.05) is 25.7 Å². The van der Waals surface area contributed by atoms with Gasteiger partial charge in [0.25, 0.3) is 0 Å². The number of carbonyl (C=O) groups excluding carboxylic acids is 1. The zero-order valence-electron chi connectivity index (χ0n) is 12.7. The van der Waals surface area contributed by atoms with Crippen LogP contribution in [0.3, 0.4) is 0 Å². The van der Waals surface area contributed by atoms with Gasteiger partial charge in [-0.15, -0.1) is 0 Å². The number of amides is 1. The van der Waals surface area contributed by atoms with Crippen LogP contribution in [0.2, 0.25) is 0 Å². The van der Waals surface area contributed by atoms with Gasteiger partial charge >= 0.3 is 0 Å². The zero-order valence-corrected chi connectivity index (χ0v) is 12.7. The molecule has 2 aromatic carbocycles. The van der Waals surface area contributed by atoms with Crippen molar-refractivity contribution in [2.24, 2.45) is 0 Å². The molecule has 1 amide bonds. The Hall–Kier alpha value is -2.29. The van der Waals surface area contributed by atoms with Crippen molar-refractivity contribution in [3.63, 3.8) is 0 Å². The molecule has 2 rings (SSSR count). The van der Waals surface area contributed by atoms with Crippen molar-refractivity contribution in [2.75, 3.05) is 12.8 Å². The van der Waals surface area contributed by atoms with E-state index < -0.39 is 0 Å². The topological polar surface area (TPSA) is 46.3 Å². The van der Waals surface area contributed by atoms with E-state index in [-0.39, 0.29) is 5.91 Å². The van der Waals surface area contributed by atoms with Crippen molar-refractivity contribution < 1.29 is 4.79 Å². The van der Waals surface area contributed by atoms with Crippen LogP contribution in [0.15, 0.2) is 48.5 Å². The van der Waals surface area contributed by atoms with Crippen molar-refractivity contribution in [3.05, 3.63) is 65.2 Å². The van der Waals surface area contributed by atoms with Crippen molar-refractivity contribution in [1.82, 2.24) is 4.90 Å². The Morgan fingerprint density at radius 3 is 2.48 bits per heavy atom. The molecule has 0 fully saturated rings. The van der Waals surface area contributed by atoms with Gasteiger partial charge in [0.15, 0.2) is 0 Å². The molecule has 21 heavy (non-hydrogen) atoms. The fourth-order valence-corrected chi connectivity index (χ4v) is 2.25. The maximum atomic E-state index is 12.2. The van der Waals surface area contributed by atoms with E-state index >= 15 is 0 Å². The molecule has 3 nitrogen and oxygen atoms in total. The van der Waals surface area contributed by atoms with E-state index in [1.165, 1.54) is 11.1 Å². The smallest absolute Gasteiger partial charge is 0.222 e. The first-order valence-corrected chi connectivity index (χ1v) is 7.18. The van der Waals surface area contributed by atoms with Crippen LogP contribution in [0.5, 0.6) is 0 Å². The number of hydrogen-bond acceptors (Lipinski definition) is 2. The van der Waals surface area contributed by atoms with Gasteiger partial charge in [0.1, 0.15) is 0 Å². The van der Waals surface area contributed by atoms with E-state index in [0.717, 1.165) is 17.7 Å². The summed E-state index contributed by atoms with van der Waals surface area (Å²) in [6.45, 7) is 2.66. The van der Waals surface area contributed by atoms with Crippen LogP contribution in [0.1, 0.15) is 23.1 Å². The molecule has 0 bridgehead atoms. The Labute approximate surface area is 126 Å². The molecule has 110 valence electrons. The third kappa shape index (κ3) is 4.63. The predicted molar refractivity (Wildman–Crippen MR) is 86.8 cm³/mol. The average Bonchev–Trinajstić information content (AvgIpc) is 2.46. The SMILES string of the molecule is Cc1ccc(CCC(=O)N(C)Cc2cccc(N)c2)cc1. The van der Waals surface area contributed by atoms with E-state index in [2.05, 4.69) is 31.2 Å². The Kier molecular flexibility index (Phi) is 4.99. The van der Waals surface area contributed by atoms with Gasteiger partial charge < -0.3 is 10.6 Å². The summed E-state index contributed by atoms with van der Waals surface area (Å²) in [7, 11) is 1.83. The minimum atomic E-state index is 0.151. The van der Waals surface area contributed by atoms with E-state index in [1.54, 1.807) is 4.90 Å². The van der Waals surface area contributed by atoms with Gasteiger partial charge in [0.05, 0.1) is 0 Å². The molecule has 0 heterocycles. The Morgan fingerprint density at radius 1 is 1.10 bits per heavy atom. The molecule has 2 aromatic rings. The molecule has 0 aromatic heterocycles. The number of nitrogens with two attached hydrogens (primary N) is 1. The number of carbonyl (C=O) groups is 1. The minimum Gasteiger partial charge on any atom is -0.399 e. The highest BCUT2D eigenvalue weighted by atomic mass is 16.2. The fourth-order valence-electron chi connectivity index (χ4n) is 2.25. The molecular formula is C18H22N2O. The molecule has 0 saturated heterocycles. The highest BCUT2D eigenvalue weighted by molar-refractivity contribution is 5.76. The zero-order chi connectivity index (χ0) is 15.2. The number of aryl methyl sites for hydroxylation is 2. The largest absolute Gasteiger partial charge is 0.399 e. The monoisotopic (exact) mass is 282 g/mol. The third-order valence-corrected chi connectivity index (χ3v) is 3.54. The normalized spacial score (nSPS) is 10.4. The van der Waals surface area contributed by atoms with Crippen LogP contribution in [0.25, 0.3) is 0 Å². The van der Waals surface area contributed by atoms with Crippen molar-refractivity contribution in [3.8, 4) is 0 Å². The lowest BCUT2D eigenvalue weighted by Crippen LogP contribution is -2.26. The Bertz CT molecular complexity index is 605. The van der Waals surface area contributed by atoms with Gasteiger partial charge in [-0.2, -0.15) is 0 Å². The van der Waals surface area contributed by atoms with Gasteiger partial charge in [-0.1, -0.05) is 42.0 Å². The van der Waals surface area contributed by atoms with Crippen LogP contribution < -0.4 is 5.73 Å². The number of nitrogen functional groups attached to an aromatic ring is 1. The van der Waals surface area contributed by atoms with Crippen molar-refractivity contribution in [1.29, 1.82) is 0 Å². The molecule has 0 radical (unpaired) electrons. The van der Waals surface area contributed by atoms with Gasteiger partial charge in [-0.25, -0.2) is 0 Å². The summed E-state index contributed by atoms with van der Waals surface area (Å²) in [6, 6.07) is 16.0. The summed E-state index contributed by atoms with van der Waals surface area (Å²) in [5, 5.41) is 0. The van der Waals surface area contributed by atoms with Gasteiger partial charge in [-0.3, -0.25) is 4.79 Å². The van der Waals surface area contributed by atoms with Crippen molar-refractivity contribution in [2.45, 2.75) is 26.3 Å². The summed E-state index contributed by atoms with van der Waals surface area (Å²) in [5.74, 6) is 0.151. The second kappa shape index (κ2) is 6.93. The number of rotatable bonds is 5. The molecule has 0 aliphatic heterocycles. The second-order valence-electron chi connectivity index (χ2n) is 5.48. The molecule has 0 aliphatic rings. The van der Waals surface area contributed by atoms with Gasteiger partial charge in [-0.05, 0) is 36.6 Å². The first-order valence-electron chi connectivity index (χ1n) is 7.18.